The molecule has 0 saturated carbocycles. The Balaban J connectivity index is 2.05. The largest absolute Gasteiger partial charge is 0.476 e. The number of fused-ring (bicyclic) bond motifs is 1. The summed E-state index contributed by atoms with van der Waals surface area (Å²) < 4.78 is 45.6. The fourth-order valence-electron chi connectivity index (χ4n) is 3.18. The second-order valence-corrected chi connectivity index (χ2v) is 6.41. The molecule has 2 aliphatic heterocycles. The van der Waals surface area contributed by atoms with Crippen molar-refractivity contribution in [2.45, 2.75) is 51.9 Å². The zero-order chi connectivity index (χ0) is 17.5. The number of benzene rings is 1. The van der Waals surface area contributed by atoms with Gasteiger partial charge in [-0.2, -0.15) is 13.2 Å². The minimum atomic E-state index is -4.45. The van der Waals surface area contributed by atoms with Gasteiger partial charge in [0.05, 0.1) is 11.3 Å². The van der Waals surface area contributed by atoms with Gasteiger partial charge in [-0.25, -0.2) is 0 Å². The number of carbonyl (C=O) groups is 1. The number of nitrogens with zero attached hydrogens (tertiary/aromatic N) is 2. The van der Waals surface area contributed by atoms with Crippen molar-refractivity contribution in [2.24, 2.45) is 0 Å². The van der Waals surface area contributed by atoms with Gasteiger partial charge in [-0.1, -0.05) is 6.92 Å². The van der Waals surface area contributed by atoms with Crippen LogP contribution in [0.3, 0.4) is 0 Å². The molecule has 0 bridgehead atoms. The summed E-state index contributed by atoms with van der Waals surface area (Å²) >= 11 is 0. The fourth-order valence-corrected chi connectivity index (χ4v) is 3.18. The van der Waals surface area contributed by atoms with Crippen molar-refractivity contribution < 1.29 is 22.7 Å². The second-order valence-electron chi connectivity index (χ2n) is 6.41. The summed E-state index contributed by atoms with van der Waals surface area (Å²) in [5.41, 5.74) is 0.0164. The first-order valence-electron chi connectivity index (χ1n) is 8.22. The van der Waals surface area contributed by atoms with E-state index in [1.807, 2.05) is 18.7 Å². The maximum atomic E-state index is 13.3. The third-order valence-electron chi connectivity index (χ3n) is 4.80. The van der Waals surface area contributed by atoms with Gasteiger partial charge in [0.25, 0.3) is 0 Å². The van der Waals surface area contributed by atoms with E-state index in [1.54, 1.807) is 0 Å². The number of amides is 1. The summed E-state index contributed by atoms with van der Waals surface area (Å²) in [4.78, 5) is 15.4. The van der Waals surface area contributed by atoms with E-state index >= 15 is 0 Å². The molecule has 24 heavy (non-hydrogen) atoms. The number of rotatable bonds is 3. The number of hydrogen-bond acceptors (Lipinski definition) is 3. The Labute approximate surface area is 139 Å². The van der Waals surface area contributed by atoms with Gasteiger partial charge in [0.2, 0.25) is 5.91 Å². The Kier molecular flexibility index (Phi) is 4.46. The van der Waals surface area contributed by atoms with E-state index in [0.717, 1.165) is 18.6 Å². The molecule has 1 aromatic carbocycles. The van der Waals surface area contributed by atoms with Crippen LogP contribution in [0.25, 0.3) is 0 Å². The van der Waals surface area contributed by atoms with E-state index in [9.17, 15) is 18.0 Å². The summed E-state index contributed by atoms with van der Waals surface area (Å²) in [6.45, 7) is 5.20. The summed E-state index contributed by atoms with van der Waals surface area (Å²) in [6, 6.07) is 2.40. The molecule has 1 saturated heterocycles. The van der Waals surface area contributed by atoms with Crippen LogP contribution in [0, 0.1) is 0 Å². The third kappa shape index (κ3) is 3.09. The highest BCUT2D eigenvalue weighted by Gasteiger charge is 2.36. The predicted octanol–water partition coefficient (Wildman–Crippen LogP) is 3.78. The molecule has 1 atom stereocenters. The topological polar surface area (TPSA) is 32.8 Å². The van der Waals surface area contributed by atoms with E-state index in [0.29, 0.717) is 44.0 Å². The highest BCUT2D eigenvalue weighted by Crippen LogP contribution is 2.43. The molecule has 2 heterocycles. The molecule has 0 aliphatic carbocycles. The molecule has 2 aliphatic rings. The van der Waals surface area contributed by atoms with E-state index in [2.05, 4.69) is 0 Å². The number of ether oxygens (including phenoxy) is 1. The summed E-state index contributed by atoms with van der Waals surface area (Å²) in [6.07, 6.45) is -2.55. The third-order valence-corrected chi connectivity index (χ3v) is 4.80. The SMILES string of the molecule is CCC(C)N1COc2c(cc(C(F)(F)F)cc2N2CCCC2=O)C1. The van der Waals surface area contributed by atoms with E-state index < -0.39 is 11.7 Å². The van der Waals surface area contributed by atoms with Crippen LogP contribution in [0.15, 0.2) is 12.1 Å². The molecular weight excluding hydrogens is 321 g/mol. The van der Waals surface area contributed by atoms with Gasteiger partial charge in [0.15, 0.2) is 0 Å². The van der Waals surface area contributed by atoms with Gasteiger partial charge in [-0.15, -0.1) is 0 Å². The van der Waals surface area contributed by atoms with Crippen LogP contribution < -0.4 is 9.64 Å². The van der Waals surface area contributed by atoms with Crippen LogP contribution in [0.4, 0.5) is 18.9 Å². The van der Waals surface area contributed by atoms with Crippen LogP contribution in [0.2, 0.25) is 0 Å². The smallest absolute Gasteiger partial charge is 0.416 e. The Morgan fingerprint density at radius 2 is 2.08 bits per heavy atom. The fraction of sp³-hybridized carbons (Fsp3) is 0.588. The molecule has 0 spiro atoms. The highest BCUT2D eigenvalue weighted by atomic mass is 19.4. The Bertz CT molecular complexity index is 645. The van der Waals surface area contributed by atoms with Crippen LogP contribution >= 0.6 is 0 Å². The molecule has 4 nitrogen and oxygen atoms in total. The lowest BCUT2D eigenvalue weighted by molar-refractivity contribution is -0.137. The van der Waals surface area contributed by atoms with Crippen molar-refractivity contribution in [3.63, 3.8) is 0 Å². The van der Waals surface area contributed by atoms with Crippen molar-refractivity contribution in [2.75, 3.05) is 18.2 Å². The second kappa shape index (κ2) is 6.27. The molecule has 1 fully saturated rings. The van der Waals surface area contributed by atoms with E-state index in [1.165, 1.54) is 4.90 Å². The van der Waals surface area contributed by atoms with Crippen molar-refractivity contribution in [3.05, 3.63) is 23.3 Å². The molecular formula is C17H21F3N2O2. The summed E-state index contributed by atoms with van der Waals surface area (Å²) in [7, 11) is 0. The van der Waals surface area contributed by atoms with Crippen molar-refractivity contribution in [1.29, 1.82) is 0 Å². The number of hydrogen-bond donors (Lipinski definition) is 0. The zero-order valence-electron chi connectivity index (χ0n) is 13.8. The van der Waals surface area contributed by atoms with Gasteiger partial charge in [-0.3, -0.25) is 9.69 Å². The maximum absolute atomic E-state index is 13.3. The summed E-state index contributed by atoms with van der Waals surface area (Å²) in [5.74, 6) is 0.266. The quantitative estimate of drug-likeness (QED) is 0.838. The molecule has 1 unspecified atom stereocenters. The van der Waals surface area contributed by atoms with Gasteiger partial charge >= 0.3 is 6.18 Å². The molecule has 1 amide bonds. The monoisotopic (exact) mass is 342 g/mol. The van der Waals surface area contributed by atoms with Gasteiger partial charge < -0.3 is 9.64 Å². The molecule has 0 aromatic heterocycles. The predicted molar refractivity (Wildman–Crippen MR) is 83.8 cm³/mol. The van der Waals surface area contributed by atoms with Crippen LogP contribution in [0.1, 0.15) is 44.2 Å². The number of carbonyl (C=O) groups excluding carboxylic acids is 1. The Hall–Kier alpha value is -1.76. The normalized spacial score (nSPS) is 20.0. The molecule has 0 N–H and O–H groups in total. The lowest BCUT2D eigenvalue weighted by Crippen LogP contribution is -2.39. The highest BCUT2D eigenvalue weighted by molar-refractivity contribution is 5.97. The number of halogens is 3. The zero-order valence-corrected chi connectivity index (χ0v) is 13.8. The first-order valence-corrected chi connectivity index (χ1v) is 8.22. The van der Waals surface area contributed by atoms with Crippen LogP contribution in [-0.2, 0) is 17.5 Å². The molecule has 132 valence electrons. The molecule has 0 radical (unpaired) electrons. The van der Waals surface area contributed by atoms with Gasteiger partial charge in [-0.05, 0) is 31.9 Å². The van der Waals surface area contributed by atoms with Crippen LogP contribution in [-0.4, -0.2) is 30.1 Å². The van der Waals surface area contributed by atoms with Crippen LogP contribution in [0.5, 0.6) is 5.75 Å². The molecule has 7 heteroatoms. The lowest BCUT2D eigenvalue weighted by Gasteiger charge is -2.35. The van der Waals surface area contributed by atoms with Crippen molar-refractivity contribution in [3.8, 4) is 5.75 Å². The number of anilines is 1. The van der Waals surface area contributed by atoms with E-state index in [4.69, 9.17) is 4.74 Å². The average Bonchev–Trinajstić information content (AvgIpc) is 2.97. The van der Waals surface area contributed by atoms with Gasteiger partial charge in [0.1, 0.15) is 12.5 Å². The number of alkyl halides is 3. The minimum absolute atomic E-state index is 0.149. The standard InChI is InChI=1S/C17H21F3N2O2/c1-3-11(2)21-9-12-7-13(17(18,19)20)8-14(16(12)24-10-21)22-6-4-5-15(22)23/h7-8,11H,3-6,9-10H2,1-2H3. The lowest BCUT2D eigenvalue weighted by atomic mass is 10.0. The van der Waals surface area contributed by atoms with Crippen molar-refractivity contribution >= 4 is 11.6 Å². The maximum Gasteiger partial charge on any atom is 0.416 e. The first kappa shape index (κ1) is 17.1. The summed E-state index contributed by atoms with van der Waals surface area (Å²) in [5, 5.41) is 0. The molecule has 1 aromatic rings. The Morgan fingerprint density at radius 1 is 1.33 bits per heavy atom. The minimum Gasteiger partial charge on any atom is -0.476 e. The van der Waals surface area contributed by atoms with E-state index in [-0.39, 0.29) is 17.6 Å². The van der Waals surface area contributed by atoms with Gasteiger partial charge in [0, 0.05) is 31.1 Å². The average molecular weight is 342 g/mol. The Morgan fingerprint density at radius 3 is 2.67 bits per heavy atom. The molecule has 3 rings (SSSR count). The first-order chi connectivity index (χ1) is 11.3. The van der Waals surface area contributed by atoms with Crippen molar-refractivity contribution in [1.82, 2.24) is 4.90 Å².